The van der Waals surface area contributed by atoms with Crippen LogP contribution in [0.2, 0.25) is 0 Å². The number of fused-ring (bicyclic) bond motifs is 9. The highest BCUT2D eigenvalue weighted by molar-refractivity contribution is 6.03. The summed E-state index contributed by atoms with van der Waals surface area (Å²) in [5.74, 6) is 1.38. The first-order chi connectivity index (χ1) is 24.6. The van der Waals surface area contributed by atoms with Crippen LogP contribution in [-0.2, 0) is 9.53 Å². The number of hydrogen-bond acceptors (Lipinski definition) is 10. The zero-order chi connectivity index (χ0) is 35.1. The van der Waals surface area contributed by atoms with Crippen LogP contribution in [0.15, 0.2) is 30.5 Å². The number of carbonyl (C=O) groups excluding carboxylic acids is 1. The molecule has 4 saturated heterocycles. The fourth-order valence-electron chi connectivity index (χ4n) is 9.41. The molecule has 2 spiro atoms. The number of halogens is 2. The molecule has 264 valence electrons. The molecule has 5 aliphatic rings. The first-order valence-corrected chi connectivity index (χ1v) is 17.7. The largest absolute Gasteiger partial charge is 0.508 e. The van der Waals surface area contributed by atoms with E-state index in [9.17, 15) is 14.3 Å². The molecule has 11 nitrogen and oxygen atoms in total. The van der Waals surface area contributed by atoms with Gasteiger partial charge in [0.15, 0.2) is 5.82 Å². The number of aromatic hydroxyl groups is 1. The Labute approximate surface area is 293 Å². The maximum absolute atomic E-state index is 17.1. The van der Waals surface area contributed by atoms with Crippen LogP contribution in [0.4, 0.5) is 14.6 Å². The summed E-state index contributed by atoms with van der Waals surface area (Å²) in [6.45, 7) is 3.97. The molecule has 0 aliphatic carbocycles. The van der Waals surface area contributed by atoms with Gasteiger partial charge in [-0.2, -0.15) is 9.97 Å². The number of carbonyl (C=O) groups is 1. The van der Waals surface area contributed by atoms with Gasteiger partial charge >= 0.3 is 6.01 Å². The van der Waals surface area contributed by atoms with E-state index in [0.717, 1.165) is 45.2 Å². The first kappa shape index (κ1) is 32.3. The summed E-state index contributed by atoms with van der Waals surface area (Å²) < 4.78 is 44.8. The van der Waals surface area contributed by atoms with Crippen LogP contribution < -0.4 is 15.0 Å². The summed E-state index contributed by atoms with van der Waals surface area (Å²) in [6, 6.07) is 5.69. The van der Waals surface area contributed by atoms with Crippen LogP contribution in [0.1, 0.15) is 44.1 Å². The molecule has 0 saturated carbocycles. The van der Waals surface area contributed by atoms with E-state index in [4.69, 9.17) is 20.9 Å². The van der Waals surface area contributed by atoms with Crippen molar-refractivity contribution in [1.29, 1.82) is 0 Å². The number of hydrogen-bond donors (Lipinski definition) is 2. The highest BCUT2D eigenvalue weighted by atomic mass is 19.1. The molecule has 4 fully saturated rings. The fourth-order valence-corrected chi connectivity index (χ4v) is 9.41. The van der Waals surface area contributed by atoms with Crippen LogP contribution >= 0.6 is 0 Å². The number of anilines is 1. The number of piperazine rings is 1. The van der Waals surface area contributed by atoms with Crippen molar-refractivity contribution in [3.63, 3.8) is 0 Å². The minimum Gasteiger partial charge on any atom is -0.508 e. The predicted molar refractivity (Wildman–Crippen MR) is 187 cm³/mol. The Balaban J connectivity index is 1.21. The Morgan fingerprint density at radius 2 is 2.04 bits per heavy atom. The maximum Gasteiger partial charge on any atom is 0.319 e. The van der Waals surface area contributed by atoms with E-state index in [1.807, 2.05) is 7.05 Å². The van der Waals surface area contributed by atoms with Crippen LogP contribution in [0, 0.1) is 24.0 Å². The van der Waals surface area contributed by atoms with Gasteiger partial charge in [0.2, 0.25) is 5.91 Å². The average molecular weight is 696 g/mol. The number of aromatic nitrogens is 3. The third-order valence-electron chi connectivity index (χ3n) is 11.7. The van der Waals surface area contributed by atoms with Gasteiger partial charge in [0.05, 0.1) is 41.2 Å². The third-order valence-corrected chi connectivity index (χ3v) is 11.7. The Hall–Kier alpha value is -4.64. The summed E-state index contributed by atoms with van der Waals surface area (Å²) in [6.07, 6.45) is 12.0. The van der Waals surface area contributed by atoms with Crippen molar-refractivity contribution < 1.29 is 28.2 Å². The van der Waals surface area contributed by atoms with Crippen LogP contribution in [0.5, 0.6) is 11.8 Å². The van der Waals surface area contributed by atoms with E-state index in [-0.39, 0.29) is 63.1 Å². The molecular formula is C38H39F2N7O4. The van der Waals surface area contributed by atoms with Gasteiger partial charge in [0.25, 0.3) is 0 Å². The molecule has 1 amide bonds. The second-order valence-electron chi connectivity index (χ2n) is 15.0. The number of amides is 1. The number of ether oxygens (including phenoxy) is 2. The zero-order valence-corrected chi connectivity index (χ0v) is 28.4. The molecule has 4 atom stereocenters. The number of terminal acetylenes is 1. The number of nitrogens with zero attached hydrogens (tertiary/aromatic N) is 6. The number of phenolic OH excluding ortho intramolecular Hbond substituents is 1. The smallest absolute Gasteiger partial charge is 0.319 e. The summed E-state index contributed by atoms with van der Waals surface area (Å²) in [4.78, 5) is 33.8. The minimum absolute atomic E-state index is 0.00583. The quantitative estimate of drug-likeness (QED) is 0.284. The monoisotopic (exact) mass is 695 g/mol. The van der Waals surface area contributed by atoms with Crippen molar-refractivity contribution in [1.82, 2.24) is 30.1 Å². The predicted octanol–water partition coefficient (Wildman–Crippen LogP) is 3.99. The molecule has 0 radical (unpaired) electrons. The van der Waals surface area contributed by atoms with Gasteiger partial charge in [-0.3, -0.25) is 14.7 Å². The number of likely N-dealkylation sites (N-methyl/N-ethyl adjacent to an activating group) is 1. The van der Waals surface area contributed by atoms with Gasteiger partial charge in [-0.05, 0) is 62.2 Å². The lowest BCUT2D eigenvalue weighted by Crippen LogP contribution is -2.64. The number of benzene rings is 2. The summed E-state index contributed by atoms with van der Waals surface area (Å²) >= 11 is 0. The van der Waals surface area contributed by atoms with Crippen molar-refractivity contribution in [3.8, 4) is 35.4 Å². The molecule has 2 N–H and O–H groups in total. The van der Waals surface area contributed by atoms with Crippen LogP contribution in [0.3, 0.4) is 0 Å². The lowest BCUT2D eigenvalue weighted by atomic mass is 9.94. The second-order valence-corrected chi connectivity index (χ2v) is 15.0. The van der Waals surface area contributed by atoms with Gasteiger partial charge in [-0.25, -0.2) is 8.78 Å². The highest BCUT2D eigenvalue weighted by Gasteiger charge is 2.50. The molecule has 7 bridgehead atoms. The first-order valence-electron chi connectivity index (χ1n) is 17.7. The molecule has 9 rings (SSSR count). The molecule has 13 heteroatoms. The van der Waals surface area contributed by atoms with Crippen molar-refractivity contribution in [2.45, 2.75) is 61.7 Å². The van der Waals surface area contributed by atoms with Crippen molar-refractivity contribution in [2.75, 3.05) is 57.9 Å². The lowest BCUT2D eigenvalue weighted by Gasteiger charge is -2.44. The fraction of sp³-hybridized carbons (Fsp3) is 0.474. The van der Waals surface area contributed by atoms with E-state index in [0.29, 0.717) is 55.9 Å². The normalized spacial score (nSPS) is 28.2. The van der Waals surface area contributed by atoms with Crippen molar-refractivity contribution in [3.05, 3.63) is 47.7 Å². The summed E-state index contributed by atoms with van der Waals surface area (Å²) in [7, 11) is 1.84. The molecule has 2 aromatic heterocycles. The zero-order valence-electron chi connectivity index (χ0n) is 28.4. The Kier molecular flexibility index (Phi) is 7.58. The highest BCUT2D eigenvalue weighted by Crippen LogP contribution is 2.43. The average Bonchev–Trinajstić information content (AvgIpc) is 3.76. The van der Waals surface area contributed by atoms with E-state index < -0.39 is 17.2 Å². The summed E-state index contributed by atoms with van der Waals surface area (Å²) in [5, 5.41) is 15.5. The van der Waals surface area contributed by atoms with Crippen molar-refractivity contribution in [2.24, 2.45) is 0 Å². The van der Waals surface area contributed by atoms with E-state index in [1.54, 1.807) is 4.90 Å². The Morgan fingerprint density at radius 3 is 2.90 bits per heavy atom. The second kappa shape index (κ2) is 12.0. The van der Waals surface area contributed by atoms with E-state index in [1.165, 1.54) is 30.5 Å². The number of nitrogens with one attached hydrogen (secondary N) is 1. The van der Waals surface area contributed by atoms with Gasteiger partial charge in [-0.15, -0.1) is 6.42 Å². The SMILES string of the molecule is C#Cc1c(F)ccc2cc(O)cc(-c3ncc4c5nc(nc4c3F)OC[C@@]34CCCN3C[C@H](C4)OCCC(=O)N(C)C[C@@]34CC[C@@H](CN5C3)N4)c12. The molecule has 51 heavy (non-hydrogen) atoms. The molecular weight excluding hydrogens is 656 g/mol. The maximum atomic E-state index is 17.1. The molecule has 0 unspecified atom stereocenters. The molecule has 4 aromatic rings. The van der Waals surface area contributed by atoms with Crippen molar-refractivity contribution >= 4 is 33.4 Å². The Bertz CT molecular complexity index is 2140. The van der Waals surface area contributed by atoms with E-state index in [2.05, 4.69) is 31.0 Å². The Morgan fingerprint density at radius 1 is 1.16 bits per heavy atom. The number of phenols is 1. The van der Waals surface area contributed by atoms with Crippen LogP contribution in [-0.4, -0.2) is 112 Å². The molecule has 2 aromatic carbocycles. The van der Waals surface area contributed by atoms with Gasteiger partial charge in [-0.1, -0.05) is 12.0 Å². The number of pyridine rings is 1. The van der Waals surface area contributed by atoms with Gasteiger partial charge < -0.3 is 29.7 Å². The topological polar surface area (TPSA) is 116 Å². The van der Waals surface area contributed by atoms with Crippen LogP contribution in [0.25, 0.3) is 32.9 Å². The minimum atomic E-state index is -0.765. The number of rotatable bonds is 1. The van der Waals surface area contributed by atoms with E-state index >= 15 is 4.39 Å². The lowest BCUT2D eigenvalue weighted by molar-refractivity contribution is -0.132. The van der Waals surface area contributed by atoms with Gasteiger partial charge in [0, 0.05) is 56.4 Å². The third kappa shape index (κ3) is 5.34. The molecule has 7 heterocycles. The molecule has 5 aliphatic heterocycles. The summed E-state index contributed by atoms with van der Waals surface area (Å²) in [5.41, 5.74) is -0.723. The van der Waals surface area contributed by atoms with Gasteiger partial charge in [0.1, 0.15) is 35.2 Å². The standard InChI is InChI=1S/C38H39F2N7O4/c1-3-26-29(39)6-5-22-13-24(48)14-27(31(22)26)33-32(40)34-28(16-41-33)35-43-36(42-34)51-21-38-9-4-11-47(38)18-25(15-38)50-12-8-30(49)45(2)19-37-10-7-23(44-37)17-46(35)20-37/h1,5-6,13-14,16,23,25,44,48H,4,7-12,15,17-21H2,2H3/t23-,25-,37-,38-/m0/s1.